The van der Waals surface area contributed by atoms with Gasteiger partial charge >= 0.3 is 0 Å². The van der Waals surface area contributed by atoms with Crippen molar-refractivity contribution in [3.8, 4) is 0 Å². The monoisotopic (exact) mass is 184 g/mol. The summed E-state index contributed by atoms with van der Waals surface area (Å²) >= 11 is 0. The van der Waals surface area contributed by atoms with Gasteiger partial charge in [-0.25, -0.2) is 0 Å². The van der Waals surface area contributed by atoms with Crippen LogP contribution in [-0.4, -0.2) is 36.1 Å². The zero-order valence-corrected chi connectivity index (χ0v) is 9.56. The molecule has 0 saturated carbocycles. The first-order chi connectivity index (χ1) is 6.08. The van der Waals surface area contributed by atoms with Crippen LogP contribution in [0.4, 0.5) is 0 Å². The summed E-state index contributed by atoms with van der Waals surface area (Å²) in [5, 5.41) is 3.44. The predicted molar refractivity (Wildman–Crippen MR) is 58.0 cm³/mol. The number of hydrogen-bond acceptors (Lipinski definition) is 2. The second kappa shape index (κ2) is 4.43. The second-order valence-electron chi connectivity index (χ2n) is 4.81. The highest BCUT2D eigenvalue weighted by Gasteiger charge is 2.30. The van der Waals surface area contributed by atoms with E-state index >= 15 is 0 Å². The third kappa shape index (κ3) is 2.68. The first kappa shape index (κ1) is 11.0. The summed E-state index contributed by atoms with van der Waals surface area (Å²) in [6.45, 7) is 12.8. The van der Waals surface area contributed by atoms with Gasteiger partial charge in [0.2, 0.25) is 0 Å². The van der Waals surface area contributed by atoms with E-state index < -0.39 is 0 Å². The van der Waals surface area contributed by atoms with Crippen molar-refractivity contribution in [2.75, 3.05) is 19.6 Å². The molecule has 1 atom stereocenters. The maximum Gasteiger partial charge on any atom is 0.0198 e. The van der Waals surface area contributed by atoms with Gasteiger partial charge in [-0.3, -0.25) is 4.90 Å². The fourth-order valence-corrected chi connectivity index (χ4v) is 2.50. The van der Waals surface area contributed by atoms with Gasteiger partial charge in [0, 0.05) is 31.2 Å². The Morgan fingerprint density at radius 3 is 2.69 bits per heavy atom. The molecule has 13 heavy (non-hydrogen) atoms. The van der Waals surface area contributed by atoms with Gasteiger partial charge in [0.05, 0.1) is 0 Å². The summed E-state index contributed by atoms with van der Waals surface area (Å²) in [5.41, 5.74) is 0.385. The molecule has 1 rings (SSSR count). The van der Waals surface area contributed by atoms with Crippen LogP contribution >= 0.6 is 0 Å². The van der Waals surface area contributed by atoms with Gasteiger partial charge in [-0.15, -0.1) is 0 Å². The first-order valence-electron chi connectivity index (χ1n) is 5.55. The molecule has 0 radical (unpaired) electrons. The van der Waals surface area contributed by atoms with Gasteiger partial charge < -0.3 is 5.32 Å². The van der Waals surface area contributed by atoms with Crippen molar-refractivity contribution in [2.24, 2.45) is 0 Å². The summed E-state index contributed by atoms with van der Waals surface area (Å²) < 4.78 is 0. The average Bonchev–Trinajstić information content (AvgIpc) is 2.04. The van der Waals surface area contributed by atoms with Gasteiger partial charge in [-0.2, -0.15) is 0 Å². The van der Waals surface area contributed by atoms with Crippen LogP contribution in [0.25, 0.3) is 0 Å². The highest BCUT2D eigenvalue weighted by atomic mass is 15.3. The molecule has 0 bridgehead atoms. The summed E-state index contributed by atoms with van der Waals surface area (Å²) in [4.78, 5) is 2.65. The fourth-order valence-electron chi connectivity index (χ4n) is 2.50. The van der Waals surface area contributed by atoms with E-state index in [0.29, 0.717) is 11.6 Å². The number of rotatable bonds is 3. The number of nitrogens with one attached hydrogen (secondary N) is 1. The molecule has 0 spiro atoms. The summed E-state index contributed by atoms with van der Waals surface area (Å²) in [6, 6.07) is 0.690. The lowest BCUT2D eigenvalue weighted by molar-refractivity contribution is 0.0509. The van der Waals surface area contributed by atoms with Crippen LogP contribution in [0.1, 0.15) is 40.5 Å². The van der Waals surface area contributed by atoms with Gasteiger partial charge in [-0.1, -0.05) is 13.3 Å². The van der Waals surface area contributed by atoms with E-state index in [1.807, 2.05) is 0 Å². The Hall–Kier alpha value is -0.0800. The van der Waals surface area contributed by atoms with E-state index in [1.54, 1.807) is 0 Å². The molecule has 1 aliphatic heterocycles. The van der Waals surface area contributed by atoms with E-state index in [1.165, 1.54) is 19.4 Å². The van der Waals surface area contributed by atoms with E-state index in [9.17, 15) is 0 Å². The van der Waals surface area contributed by atoms with Crippen LogP contribution in [0.3, 0.4) is 0 Å². The molecular weight excluding hydrogens is 160 g/mol. The van der Waals surface area contributed by atoms with Gasteiger partial charge in [0.25, 0.3) is 0 Å². The Morgan fingerprint density at radius 2 is 2.15 bits per heavy atom. The molecule has 2 heteroatoms. The van der Waals surface area contributed by atoms with Gasteiger partial charge in [0.1, 0.15) is 0 Å². The van der Waals surface area contributed by atoms with E-state index in [-0.39, 0.29) is 0 Å². The molecule has 1 aliphatic rings. The van der Waals surface area contributed by atoms with Crippen LogP contribution in [0.15, 0.2) is 0 Å². The SMILES string of the molecule is CCCC(C)(C)N1CCNCC1C. The Morgan fingerprint density at radius 1 is 1.46 bits per heavy atom. The first-order valence-corrected chi connectivity index (χ1v) is 5.55. The van der Waals surface area contributed by atoms with Crippen molar-refractivity contribution < 1.29 is 0 Å². The molecule has 0 amide bonds. The zero-order chi connectivity index (χ0) is 9.90. The maximum atomic E-state index is 3.44. The summed E-state index contributed by atoms with van der Waals surface area (Å²) in [5.74, 6) is 0. The molecule has 1 unspecified atom stereocenters. The predicted octanol–water partition coefficient (Wildman–Crippen LogP) is 1.86. The largest absolute Gasteiger partial charge is 0.314 e. The fraction of sp³-hybridized carbons (Fsp3) is 1.00. The van der Waals surface area contributed by atoms with Crippen LogP contribution in [0.2, 0.25) is 0 Å². The zero-order valence-electron chi connectivity index (χ0n) is 9.56. The molecule has 0 aromatic heterocycles. The number of hydrogen-bond donors (Lipinski definition) is 1. The molecule has 1 N–H and O–H groups in total. The molecule has 1 fully saturated rings. The van der Waals surface area contributed by atoms with Crippen LogP contribution < -0.4 is 5.32 Å². The summed E-state index contributed by atoms with van der Waals surface area (Å²) in [6.07, 6.45) is 2.58. The normalized spacial score (nSPS) is 26.3. The lowest BCUT2D eigenvalue weighted by Crippen LogP contribution is -2.58. The van der Waals surface area contributed by atoms with E-state index in [0.717, 1.165) is 13.1 Å². The molecule has 2 nitrogen and oxygen atoms in total. The van der Waals surface area contributed by atoms with Crippen molar-refractivity contribution in [3.63, 3.8) is 0 Å². The van der Waals surface area contributed by atoms with Crippen LogP contribution in [-0.2, 0) is 0 Å². The Labute approximate surface area is 82.7 Å². The smallest absolute Gasteiger partial charge is 0.0198 e. The number of nitrogens with zero attached hydrogens (tertiary/aromatic N) is 1. The van der Waals surface area contributed by atoms with Crippen molar-refractivity contribution in [1.29, 1.82) is 0 Å². The standard InChI is InChI=1S/C11H24N2/c1-5-6-11(3,4)13-8-7-12-9-10(13)2/h10,12H,5-9H2,1-4H3. The van der Waals surface area contributed by atoms with Crippen molar-refractivity contribution in [1.82, 2.24) is 10.2 Å². The van der Waals surface area contributed by atoms with Gasteiger partial charge in [0.15, 0.2) is 0 Å². The minimum atomic E-state index is 0.385. The third-order valence-corrected chi connectivity index (χ3v) is 3.14. The molecule has 1 saturated heterocycles. The van der Waals surface area contributed by atoms with Crippen molar-refractivity contribution >= 4 is 0 Å². The van der Waals surface area contributed by atoms with Crippen molar-refractivity contribution in [2.45, 2.75) is 52.1 Å². The van der Waals surface area contributed by atoms with E-state index in [2.05, 4.69) is 37.9 Å². The lowest BCUT2D eigenvalue weighted by atomic mass is 9.94. The van der Waals surface area contributed by atoms with Crippen molar-refractivity contribution in [3.05, 3.63) is 0 Å². The van der Waals surface area contributed by atoms with Crippen LogP contribution in [0.5, 0.6) is 0 Å². The topological polar surface area (TPSA) is 15.3 Å². The van der Waals surface area contributed by atoms with E-state index in [4.69, 9.17) is 0 Å². The highest BCUT2D eigenvalue weighted by molar-refractivity contribution is 4.88. The highest BCUT2D eigenvalue weighted by Crippen LogP contribution is 2.23. The Kier molecular flexibility index (Phi) is 3.74. The van der Waals surface area contributed by atoms with Crippen LogP contribution in [0, 0.1) is 0 Å². The lowest BCUT2D eigenvalue weighted by Gasteiger charge is -2.45. The quantitative estimate of drug-likeness (QED) is 0.720. The number of piperazine rings is 1. The summed E-state index contributed by atoms with van der Waals surface area (Å²) in [7, 11) is 0. The minimum Gasteiger partial charge on any atom is -0.314 e. The Bertz CT molecular complexity index is 154. The molecule has 0 aliphatic carbocycles. The molecule has 0 aromatic carbocycles. The second-order valence-corrected chi connectivity index (χ2v) is 4.81. The average molecular weight is 184 g/mol. The minimum absolute atomic E-state index is 0.385. The molecule has 78 valence electrons. The molecule has 1 heterocycles. The molecule has 0 aromatic rings. The Balaban J connectivity index is 2.56. The third-order valence-electron chi connectivity index (χ3n) is 3.14. The van der Waals surface area contributed by atoms with Gasteiger partial charge in [-0.05, 0) is 27.2 Å². The maximum absolute atomic E-state index is 3.44. The molecular formula is C11H24N2.